The molecule has 1 aliphatic heterocycles. The van der Waals surface area contributed by atoms with Gasteiger partial charge in [0.25, 0.3) is 0 Å². The Bertz CT molecular complexity index is 1150. The monoisotopic (exact) mass is 398 g/mol. The molecule has 4 rings (SSSR count). The molecule has 0 saturated carbocycles. The van der Waals surface area contributed by atoms with E-state index in [9.17, 15) is 14.4 Å². The number of aromatic nitrogens is 2. The zero-order valence-electron chi connectivity index (χ0n) is 15.1. The highest BCUT2D eigenvalue weighted by Crippen LogP contribution is 2.21. The second-order valence-corrected chi connectivity index (χ2v) is 7.15. The number of aromatic amines is 1. The highest BCUT2D eigenvalue weighted by atomic mass is 35.5. The first-order valence-corrected chi connectivity index (χ1v) is 9.41. The molecule has 2 aromatic carbocycles. The third-order valence-corrected chi connectivity index (χ3v) is 5.22. The zero-order chi connectivity index (χ0) is 19.7. The quantitative estimate of drug-likeness (QED) is 0.681. The third kappa shape index (κ3) is 3.53. The molecule has 0 radical (unpaired) electrons. The number of anilines is 1. The summed E-state index contributed by atoms with van der Waals surface area (Å²) in [6, 6.07) is 14.6. The first-order valence-electron chi connectivity index (χ1n) is 9.03. The van der Waals surface area contributed by atoms with Crippen LogP contribution in [0.25, 0.3) is 11.0 Å². The van der Waals surface area contributed by atoms with Crippen LogP contribution in [0.5, 0.6) is 0 Å². The van der Waals surface area contributed by atoms with Crippen LogP contribution >= 0.6 is 11.6 Å². The van der Waals surface area contributed by atoms with Crippen molar-refractivity contribution in [3.05, 3.63) is 74.3 Å². The Morgan fingerprint density at radius 2 is 1.75 bits per heavy atom. The van der Waals surface area contributed by atoms with Gasteiger partial charge < -0.3 is 14.8 Å². The molecule has 144 valence electrons. The number of H-pyrrole nitrogens is 1. The maximum atomic E-state index is 12.8. The number of carbonyl (C=O) groups excluding carboxylic acids is 1. The van der Waals surface area contributed by atoms with E-state index in [0.717, 1.165) is 5.69 Å². The van der Waals surface area contributed by atoms with Crippen LogP contribution < -0.4 is 16.0 Å². The summed E-state index contributed by atoms with van der Waals surface area (Å²) < 4.78 is 1.25. The van der Waals surface area contributed by atoms with Crippen molar-refractivity contribution in [2.45, 2.75) is 6.54 Å². The van der Waals surface area contributed by atoms with Crippen LogP contribution in [0.3, 0.4) is 0 Å². The number of rotatable bonds is 3. The van der Waals surface area contributed by atoms with Crippen molar-refractivity contribution in [3.8, 4) is 0 Å². The summed E-state index contributed by atoms with van der Waals surface area (Å²) >= 11 is 6.06. The lowest BCUT2D eigenvalue weighted by Crippen LogP contribution is -2.50. The lowest BCUT2D eigenvalue weighted by Gasteiger charge is -2.36. The van der Waals surface area contributed by atoms with Crippen LogP contribution in [0.4, 0.5) is 5.69 Å². The van der Waals surface area contributed by atoms with Crippen LogP contribution in [0.2, 0.25) is 5.02 Å². The van der Waals surface area contributed by atoms with E-state index in [-0.39, 0.29) is 12.5 Å². The summed E-state index contributed by atoms with van der Waals surface area (Å²) in [6.45, 7) is 2.29. The Labute approximate surface area is 165 Å². The van der Waals surface area contributed by atoms with Crippen molar-refractivity contribution in [2.75, 3.05) is 31.1 Å². The highest BCUT2D eigenvalue weighted by Gasteiger charge is 2.22. The standard InChI is InChI=1S/C20H19ClN4O3/c21-14-4-3-5-15(12-14)23-8-10-24(11-9-23)18(26)13-25-17-7-2-1-6-16(17)22-19(27)20(25)28/h1-7,12H,8-11,13H2,(H,22,27). The zero-order valence-corrected chi connectivity index (χ0v) is 15.9. The molecule has 0 bridgehead atoms. The number of hydrogen-bond acceptors (Lipinski definition) is 4. The van der Waals surface area contributed by atoms with E-state index in [2.05, 4.69) is 9.88 Å². The van der Waals surface area contributed by atoms with E-state index < -0.39 is 11.1 Å². The molecular weight excluding hydrogens is 380 g/mol. The molecule has 28 heavy (non-hydrogen) atoms. The van der Waals surface area contributed by atoms with E-state index in [1.807, 2.05) is 24.3 Å². The number of carbonyl (C=O) groups is 1. The van der Waals surface area contributed by atoms with E-state index in [1.165, 1.54) is 4.57 Å². The van der Waals surface area contributed by atoms with Crippen molar-refractivity contribution in [1.82, 2.24) is 14.5 Å². The fraction of sp³-hybridized carbons (Fsp3) is 0.250. The summed E-state index contributed by atoms with van der Waals surface area (Å²) in [5.74, 6) is -0.177. The molecule has 7 nitrogen and oxygen atoms in total. The van der Waals surface area contributed by atoms with E-state index in [4.69, 9.17) is 11.6 Å². The minimum Gasteiger partial charge on any atom is -0.368 e. The molecule has 3 aromatic rings. The van der Waals surface area contributed by atoms with E-state index in [0.29, 0.717) is 42.2 Å². The van der Waals surface area contributed by atoms with Crippen LogP contribution in [0.15, 0.2) is 58.1 Å². The van der Waals surface area contributed by atoms with Gasteiger partial charge in [-0.2, -0.15) is 0 Å². The van der Waals surface area contributed by atoms with Crippen molar-refractivity contribution < 1.29 is 4.79 Å². The van der Waals surface area contributed by atoms with Crippen LogP contribution in [0, 0.1) is 0 Å². The third-order valence-electron chi connectivity index (χ3n) is 4.98. The lowest BCUT2D eigenvalue weighted by molar-refractivity contribution is -0.132. The Morgan fingerprint density at radius 3 is 2.50 bits per heavy atom. The average molecular weight is 399 g/mol. The molecule has 1 aliphatic rings. The van der Waals surface area contributed by atoms with Crippen molar-refractivity contribution >= 4 is 34.2 Å². The van der Waals surface area contributed by atoms with Crippen LogP contribution in [-0.2, 0) is 11.3 Å². The maximum absolute atomic E-state index is 12.8. The minimum absolute atomic E-state index is 0.152. The number of fused-ring (bicyclic) bond motifs is 1. The van der Waals surface area contributed by atoms with E-state index in [1.54, 1.807) is 29.2 Å². The number of halogens is 1. The number of benzene rings is 2. The molecule has 1 fully saturated rings. The number of nitrogens with one attached hydrogen (secondary N) is 1. The van der Waals surface area contributed by atoms with Gasteiger partial charge in [0.2, 0.25) is 5.91 Å². The Morgan fingerprint density at radius 1 is 1.00 bits per heavy atom. The number of nitrogens with zero attached hydrogens (tertiary/aromatic N) is 3. The van der Waals surface area contributed by atoms with Crippen molar-refractivity contribution in [1.29, 1.82) is 0 Å². The number of para-hydroxylation sites is 2. The highest BCUT2D eigenvalue weighted by molar-refractivity contribution is 6.30. The van der Waals surface area contributed by atoms with Gasteiger partial charge in [-0.05, 0) is 30.3 Å². The molecular formula is C20H19ClN4O3. The van der Waals surface area contributed by atoms with Gasteiger partial charge in [-0.3, -0.25) is 19.0 Å². The van der Waals surface area contributed by atoms with Gasteiger partial charge in [-0.25, -0.2) is 0 Å². The number of piperazine rings is 1. The van der Waals surface area contributed by atoms with Crippen LogP contribution in [-0.4, -0.2) is 46.5 Å². The molecule has 2 heterocycles. The molecule has 1 aromatic heterocycles. The second kappa shape index (κ2) is 7.52. The summed E-state index contributed by atoms with van der Waals surface area (Å²) in [4.78, 5) is 43.4. The lowest BCUT2D eigenvalue weighted by atomic mass is 10.2. The Hall–Kier alpha value is -3.06. The predicted octanol–water partition coefficient (Wildman–Crippen LogP) is 1.69. The van der Waals surface area contributed by atoms with Crippen molar-refractivity contribution in [3.63, 3.8) is 0 Å². The summed E-state index contributed by atoms with van der Waals surface area (Å²) in [7, 11) is 0. The van der Waals surface area contributed by atoms with Gasteiger partial charge in [0.15, 0.2) is 0 Å². The number of hydrogen-bond donors (Lipinski definition) is 1. The topological polar surface area (TPSA) is 78.4 Å². The number of amides is 1. The van der Waals surface area contributed by atoms with Gasteiger partial charge >= 0.3 is 11.1 Å². The predicted molar refractivity (Wildman–Crippen MR) is 109 cm³/mol. The first-order chi connectivity index (χ1) is 13.5. The molecule has 1 N–H and O–H groups in total. The van der Waals surface area contributed by atoms with Gasteiger partial charge in [-0.1, -0.05) is 29.8 Å². The molecule has 1 amide bonds. The van der Waals surface area contributed by atoms with Crippen molar-refractivity contribution in [2.24, 2.45) is 0 Å². The summed E-state index contributed by atoms with van der Waals surface area (Å²) in [6.07, 6.45) is 0. The van der Waals surface area contributed by atoms with Crippen LogP contribution in [0.1, 0.15) is 0 Å². The maximum Gasteiger partial charge on any atom is 0.317 e. The van der Waals surface area contributed by atoms with Gasteiger partial charge in [0.05, 0.1) is 11.0 Å². The summed E-state index contributed by atoms with van der Waals surface area (Å²) in [5.41, 5.74) is 0.655. The minimum atomic E-state index is -0.725. The van der Waals surface area contributed by atoms with Gasteiger partial charge in [-0.15, -0.1) is 0 Å². The average Bonchev–Trinajstić information content (AvgIpc) is 2.71. The smallest absolute Gasteiger partial charge is 0.317 e. The SMILES string of the molecule is O=C(Cn1c(=O)c(=O)[nH]c2ccccc21)N1CCN(c2cccc(Cl)c2)CC1. The molecule has 0 aliphatic carbocycles. The van der Waals surface area contributed by atoms with Gasteiger partial charge in [0.1, 0.15) is 6.54 Å². The first kappa shape index (κ1) is 18.3. The van der Waals surface area contributed by atoms with E-state index >= 15 is 0 Å². The normalized spacial score (nSPS) is 14.5. The molecule has 0 spiro atoms. The molecule has 8 heteroatoms. The fourth-order valence-electron chi connectivity index (χ4n) is 3.50. The van der Waals surface area contributed by atoms with Gasteiger partial charge in [0, 0.05) is 36.9 Å². The second-order valence-electron chi connectivity index (χ2n) is 6.71. The summed E-state index contributed by atoms with van der Waals surface area (Å²) in [5, 5.41) is 0.677. The Balaban J connectivity index is 1.50. The Kier molecular flexibility index (Phi) is 4.92. The molecule has 1 saturated heterocycles. The largest absolute Gasteiger partial charge is 0.368 e. The molecule has 0 unspecified atom stereocenters. The fourth-order valence-corrected chi connectivity index (χ4v) is 3.69. The molecule has 0 atom stereocenters.